The van der Waals surface area contributed by atoms with Gasteiger partial charge in [0.15, 0.2) is 11.5 Å². The Morgan fingerprint density at radius 1 is 1.09 bits per heavy atom. The van der Waals surface area contributed by atoms with Crippen molar-refractivity contribution in [2.75, 3.05) is 33.3 Å². The topological polar surface area (TPSA) is 83.1 Å². The molecule has 0 aliphatic rings. The van der Waals surface area contributed by atoms with E-state index in [0.717, 1.165) is 21.8 Å². The van der Waals surface area contributed by atoms with Crippen molar-refractivity contribution in [3.63, 3.8) is 0 Å². The van der Waals surface area contributed by atoms with Gasteiger partial charge in [-0.1, -0.05) is 12.1 Å². The molecule has 0 unspecified atom stereocenters. The van der Waals surface area contributed by atoms with Gasteiger partial charge < -0.3 is 24.3 Å². The maximum absolute atomic E-state index is 12.8. The van der Waals surface area contributed by atoms with Crippen LogP contribution < -0.4 is 19.5 Å². The number of rotatable bonds is 9. The Morgan fingerprint density at radius 3 is 2.40 bits per heavy atom. The van der Waals surface area contributed by atoms with Gasteiger partial charge in [-0.25, -0.2) is 4.79 Å². The number of ether oxygens (including phenoxy) is 4. The van der Waals surface area contributed by atoms with Gasteiger partial charge in [0.05, 0.1) is 32.4 Å². The van der Waals surface area contributed by atoms with Crippen LogP contribution in [0, 0.1) is 6.92 Å². The molecular formula is C26H26BrNO6S. The number of anilines is 1. The molecule has 184 valence electrons. The molecule has 0 aliphatic carbocycles. The Labute approximate surface area is 216 Å². The summed E-state index contributed by atoms with van der Waals surface area (Å²) < 4.78 is 21.9. The molecule has 0 fully saturated rings. The predicted octanol–water partition coefficient (Wildman–Crippen LogP) is 6.34. The Hall–Kier alpha value is -3.30. The highest BCUT2D eigenvalue weighted by atomic mass is 79.9. The maximum atomic E-state index is 12.8. The molecule has 0 saturated carbocycles. The largest absolute Gasteiger partial charge is 0.494 e. The molecular weight excluding hydrogens is 534 g/mol. The van der Waals surface area contributed by atoms with Crippen LogP contribution in [0.2, 0.25) is 0 Å². The molecule has 7 nitrogen and oxygen atoms in total. The maximum Gasteiger partial charge on any atom is 0.341 e. The van der Waals surface area contributed by atoms with Crippen molar-refractivity contribution in [2.45, 2.75) is 13.8 Å². The van der Waals surface area contributed by atoms with Crippen LogP contribution in [0.3, 0.4) is 0 Å². The van der Waals surface area contributed by atoms with Gasteiger partial charge in [-0.2, -0.15) is 0 Å². The average molecular weight is 560 g/mol. The standard InChI is InChI=1S/C26H26BrNO6S/c1-6-34-18-10-8-17(9-11-18)22-15(2)35-25(23(22)26(30)33-5)28-21(29)12-7-16-13-19(27)24(32-4)20(14-16)31-3/h7-14H,6H2,1-5H3,(H,28,29)/b12-7+. The van der Waals surface area contributed by atoms with Crippen LogP contribution >= 0.6 is 27.3 Å². The fourth-order valence-corrected chi connectivity index (χ4v) is 5.21. The number of amides is 1. The Kier molecular flexibility index (Phi) is 8.95. The Bertz CT molecular complexity index is 1250. The highest BCUT2D eigenvalue weighted by Gasteiger charge is 2.25. The van der Waals surface area contributed by atoms with E-state index in [4.69, 9.17) is 18.9 Å². The third-order valence-electron chi connectivity index (χ3n) is 5.05. The van der Waals surface area contributed by atoms with E-state index in [-0.39, 0.29) is 5.91 Å². The number of esters is 1. The molecule has 9 heteroatoms. The predicted molar refractivity (Wildman–Crippen MR) is 142 cm³/mol. The van der Waals surface area contributed by atoms with Crippen molar-refractivity contribution >= 4 is 50.2 Å². The van der Waals surface area contributed by atoms with Crippen molar-refractivity contribution < 1.29 is 28.5 Å². The molecule has 3 rings (SSSR count). The summed E-state index contributed by atoms with van der Waals surface area (Å²) >= 11 is 4.76. The number of hydrogen-bond acceptors (Lipinski definition) is 7. The number of aryl methyl sites for hydroxylation is 1. The molecule has 3 aromatic rings. The molecule has 35 heavy (non-hydrogen) atoms. The molecule has 0 saturated heterocycles. The quantitative estimate of drug-likeness (QED) is 0.243. The second-order valence-electron chi connectivity index (χ2n) is 7.25. The molecule has 0 aliphatic heterocycles. The summed E-state index contributed by atoms with van der Waals surface area (Å²) in [6.07, 6.45) is 3.04. The van der Waals surface area contributed by atoms with E-state index in [1.165, 1.54) is 24.5 Å². The number of methoxy groups -OCH3 is 3. The zero-order valence-corrected chi connectivity index (χ0v) is 22.5. The van der Waals surface area contributed by atoms with Gasteiger partial charge in [0, 0.05) is 16.5 Å². The van der Waals surface area contributed by atoms with E-state index in [1.54, 1.807) is 26.4 Å². The van der Waals surface area contributed by atoms with Crippen molar-refractivity contribution in [3.8, 4) is 28.4 Å². The summed E-state index contributed by atoms with van der Waals surface area (Å²) in [5.41, 5.74) is 2.59. The van der Waals surface area contributed by atoms with Crippen molar-refractivity contribution in [2.24, 2.45) is 0 Å². The smallest absolute Gasteiger partial charge is 0.341 e. The van der Waals surface area contributed by atoms with Crippen LogP contribution in [-0.2, 0) is 9.53 Å². The number of thiophene rings is 1. The minimum absolute atomic E-state index is 0.315. The summed E-state index contributed by atoms with van der Waals surface area (Å²) in [7, 11) is 4.41. The first-order valence-electron chi connectivity index (χ1n) is 10.7. The normalized spacial score (nSPS) is 10.8. The van der Waals surface area contributed by atoms with Gasteiger partial charge in [-0.15, -0.1) is 11.3 Å². The van der Waals surface area contributed by atoms with Crippen LogP contribution in [0.5, 0.6) is 17.2 Å². The number of carbonyl (C=O) groups is 2. The monoisotopic (exact) mass is 559 g/mol. The van der Waals surface area contributed by atoms with E-state index in [1.807, 2.05) is 44.2 Å². The lowest BCUT2D eigenvalue weighted by Gasteiger charge is -2.10. The van der Waals surface area contributed by atoms with E-state index < -0.39 is 5.97 Å². The molecule has 1 amide bonds. The molecule has 2 aromatic carbocycles. The fraction of sp³-hybridized carbons (Fsp3) is 0.231. The van der Waals surface area contributed by atoms with E-state index >= 15 is 0 Å². The summed E-state index contributed by atoms with van der Waals surface area (Å²) in [5, 5.41) is 3.24. The third kappa shape index (κ3) is 6.04. The average Bonchev–Trinajstić information content (AvgIpc) is 3.17. The van der Waals surface area contributed by atoms with Gasteiger partial charge in [0.1, 0.15) is 16.3 Å². The van der Waals surface area contributed by atoms with Crippen molar-refractivity contribution in [1.29, 1.82) is 0 Å². The first-order valence-corrected chi connectivity index (χ1v) is 12.3. The highest BCUT2D eigenvalue weighted by Crippen LogP contribution is 2.41. The van der Waals surface area contributed by atoms with Crippen LogP contribution in [0.15, 0.2) is 46.9 Å². The van der Waals surface area contributed by atoms with Gasteiger partial charge >= 0.3 is 5.97 Å². The van der Waals surface area contributed by atoms with Crippen LogP contribution in [0.25, 0.3) is 17.2 Å². The van der Waals surface area contributed by atoms with Crippen LogP contribution in [0.4, 0.5) is 5.00 Å². The molecule has 0 spiro atoms. The minimum Gasteiger partial charge on any atom is -0.494 e. The first-order chi connectivity index (χ1) is 16.8. The van der Waals surface area contributed by atoms with Crippen molar-refractivity contribution in [3.05, 3.63) is 63.0 Å². The molecule has 1 aromatic heterocycles. The molecule has 0 bridgehead atoms. The summed E-state index contributed by atoms with van der Waals surface area (Å²) in [4.78, 5) is 26.3. The zero-order valence-electron chi connectivity index (χ0n) is 20.1. The highest BCUT2D eigenvalue weighted by molar-refractivity contribution is 9.10. The van der Waals surface area contributed by atoms with Gasteiger partial charge in [0.2, 0.25) is 5.91 Å². The molecule has 0 atom stereocenters. The van der Waals surface area contributed by atoms with Gasteiger partial charge in [0.25, 0.3) is 0 Å². The molecule has 1 heterocycles. The van der Waals surface area contributed by atoms with Gasteiger partial charge in [-0.05, 0) is 71.2 Å². The SMILES string of the molecule is CCOc1ccc(-c2c(C)sc(NC(=O)/C=C/c3cc(Br)c(OC)c(OC)c3)c2C(=O)OC)cc1. The lowest BCUT2D eigenvalue weighted by molar-refractivity contribution is -0.111. The fourth-order valence-electron chi connectivity index (χ4n) is 3.52. The van der Waals surface area contributed by atoms with E-state index in [2.05, 4.69) is 21.2 Å². The Balaban J connectivity index is 1.90. The van der Waals surface area contributed by atoms with Gasteiger partial charge in [-0.3, -0.25) is 4.79 Å². The number of carbonyl (C=O) groups excluding carboxylic acids is 2. The van der Waals surface area contributed by atoms with Crippen molar-refractivity contribution in [1.82, 2.24) is 0 Å². The number of nitrogens with one attached hydrogen (secondary N) is 1. The molecule has 0 radical (unpaired) electrons. The van der Waals surface area contributed by atoms with Crippen LogP contribution in [0.1, 0.15) is 27.7 Å². The Morgan fingerprint density at radius 2 is 1.80 bits per heavy atom. The third-order valence-corrected chi connectivity index (χ3v) is 6.66. The van der Waals surface area contributed by atoms with E-state index in [9.17, 15) is 9.59 Å². The number of halogens is 1. The summed E-state index contributed by atoms with van der Waals surface area (Å²) in [5.74, 6) is 0.919. The number of benzene rings is 2. The summed E-state index contributed by atoms with van der Waals surface area (Å²) in [6.45, 7) is 4.38. The van der Waals surface area contributed by atoms with E-state index in [0.29, 0.717) is 38.7 Å². The van der Waals surface area contributed by atoms with Crippen LogP contribution in [-0.4, -0.2) is 39.8 Å². The molecule has 1 N–H and O–H groups in total. The lowest BCUT2D eigenvalue weighted by Crippen LogP contribution is -2.11. The lowest BCUT2D eigenvalue weighted by atomic mass is 10.0. The second-order valence-corrected chi connectivity index (χ2v) is 9.33. The summed E-state index contributed by atoms with van der Waals surface area (Å²) in [6, 6.07) is 11.0. The second kappa shape index (κ2) is 11.9. The first kappa shape index (κ1) is 26.3. The minimum atomic E-state index is -0.527. The number of hydrogen-bond donors (Lipinski definition) is 1. The zero-order chi connectivity index (χ0) is 25.5.